The van der Waals surface area contributed by atoms with E-state index in [1.807, 2.05) is 4.90 Å². The van der Waals surface area contributed by atoms with Gasteiger partial charge in [0, 0.05) is 31.6 Å². The molecule has 0 radical (unpaired) electrons. The van der Waals surface area contributed by atoms with Gasteiger partial charge in [-0.3, -0.25) is 9.59 Å². The van der Waals surface area contributed by atoms with E-state index in [1.165, 1.54) is 0 Å². The van der Waals surface area contributed by atoms with Crippen LogP contribution in [-0.2, 0) is 9.59 Å². The zero-order valence-corrected chi connectivity index (χ0v) is 13.3. The number of carbonyl (C=O) groups is 2. The fraction of sp³-hybridized carbons (Fsp3) is 0.867. The molecule has 6 heteroatoms. The normalized spacial score (nSPS) is 26.9. The summed E-state index contributed by atoms with van der Waals surface area (Å²) in [4.78, 5) is 26.1. The summed E-state index contributed by atoms with van der Waals surface area (Å²) in [6, 6.07) is 0.275. The number of nitrogens with one attached hydrogen (secondary N) is 2. The lowest BCUT2D eigenvalue weighted by Gasteiger charge is -2.35. The summed E-state index contributed by atoms with van der Waals surface area (Å²) in [5.74, 6) is 0.986. The van der Waals surface area contributed by atoms with Crippen molar-refractivity contribution in [2.45, 2.75) is 44.6 Å². The molecule has 0 spiro atoms. The topological polar surface area (TPSA) is 61.4 Å². The first-order valence-corrected chi connectivity index (χ1v) is 8.04. The number of carbonyl (C=O) groups excluding carboxylic acids is 2. The Morgan fingerprint density at radius 1 is 1.00 bits per heavy atom. The molecular weight excluding hydrogens is 290 g/mol. The van der Waals surface area contributed by atoms with Crippen molar-refractivity contribution >= 4 is 24.2 Å². The van der Waals surface area contributed by atoms with Crippen LogP contribution in [0.4, 0.5) is 0 Å². The first-order valence-electron chi connectivity index (χ1n) is 8.04. The van der Waals surface area contributed by atoms with Crippen LogP contribution in [0.25, 0.3) is 0 Å². The van der Waals surface area contributed by atoms with Crippen LogP contribution >= 0.6 is 12.4 Å². The van der Waals surface area contributed by atoms with Crippen molar-refractivity contribution in [3.8, 4) is 0 Å². The molecule has 3 fully saturated rings. The lowest BCUT2D eigenvalue weighted by molar-refractivity contribution is -0.137. The largest absolute Gasteiger partial charge is 0.353 e. The van der Waals surface area contributed by atoms with Crippen LogP contribution in [0.5, 0.6) is 0 Å². The van der Waals surface area contributed by atoms with Gasteiger partial charge in [0.15, 0.2) is 0 Å². The second-order valence-corrected chi connectivity index (χ2v) is 6.43. The number of likely N-dealkylation sites (tertiary alicyclic amines) is 1. The molecule has 5 nitrogen and oxygen atoms in total. The van der Waals surface area contributed by atoms with E-state index in [0.29, 0.717) is 5.91 Å². The van der Waals surface area contributed by atoms with Gasteiger partial charge >= 0.3 is 0 Å². The molecule has 2 saturated heterocycles. The molecule has 1 saturated carbocycles. The molecule has 1 aliphatic carbocycles. The molecular formula is C15H26ClN3O2. The second kappa shape index (κ2) is 7.45. The fourth-order valence-corrected chi connectivity index (χ4v) is 3.23. The third kappa shape index (κ3) is 4.33. The lowest BCUT2D eigenvalue weighted by Crippen LogP contribution is -2.50. The maximum Gasteiger partial charge on any atom is 0.226 e. The average molecular weight is 316 g/mol. The first-order chi connectivity index (χ1) is 9.74. The maximum absolute atomic E-state index is 12.4. The Balaban J connectivity index is 0.00000161. The maximum atomic E-state index is 12.4. The van der Waals surface area contributed by atoms with E-state index in [1.54, 1.807) is 0 Å². The Labute approximate surface area is 132 Å². The van der Waals surface area contributed by atoms with Crippen LogP contribution in [0.15, 0.2) is 0 Å². The highest BCUT2D eigenvalue weighted by atomic mass is 35.5. The van der Waals surface area contributed by atoms with Gasteiger partial charge in [0.05, 0.1) is 5.92 Å². The molecule has 1 atom stereocenters. The molecule has 0 bridgehead atoms. The zero-order chi connectivity index (χ0) is 13.9. The molecule has 0 aromatic carbocycles. The van der Waals surface area contributed by atoms with Crippen LogP contribution in [0.3, 0.4) is 0 Å². The van der Waals surface area contributed by atoms with E-state index in [9.17, 15) is 9.59 Å². The highest BCUT2D eigenvalue weighted by Crippen LogP contribution is 2.29. The van der Waals surface area contributed by atoms with Gasteiger partial charge in [0.1, 0.15) is 0 Å². The van der Waals surface area contributed by atoms with Gasteiger partial charge in [-0.25, -0.2) is 0 Å². The van der Waals surface area contributed by atoms with E-state index in [0.717, 1.165) is 64.7 Å². The Kier molecular flexibility index (Phi) is 5.88. The lowest BCUT2D eigenvalue weighted by atomic mass is 9.96. The quantitative estimate of drug-likeness (QED) is 0.814. The second-order valence-electron chi connectivity index (χ2n) is 6.43. The van der Waals surface area contributed by atoms with Gasteiger partial charge in [0.2, 0.25) is 11.8 Å². The van der Waals surface area contributed by atoms with Crippen molar-refractivity contribution in [1.29, 1.82) is 0 Å². The first kappa shape index (κ1) is 16.6. The number of hydrogen-bond donors (Lipinski definition) is 2. The van der Waals surface area contributed by atoms with E-state index in [4.69, 9.17) is 0 Å². The van der Waals surface area contributed by atoms with Crippen molar-refractivity contribution < 1.29 is 9.59 Å². The van der Waals surface area contributed by atoms with Crippen molar-refractivity contribution in [2.75, 3.05) is 26.2 Å². The van der Waals surface area contributed by atoms with Crippen LogP contribution in [0.1, 0.15) is 38.5 Å². The van der Waals surface area contributed by atoms with Crippen LogP contribution in [0, 0.1) is 11.8 Å². The third-order valence-electron chi connectivity index (χ3n) is 4.75. The Bertz CT molecular complexity index is 373. The number of piperidine rings is 2. The number of rotatable bonds is 3. The monoisotopic (exact) mass is 315 g/mol. The summed E-state index contributed by atoms with van der Waals surface area (Å²) in [7, 11) is 0. The molecule has 2 amide bonds. The van der Waals surface area contributed by atoms with Gasteiger partial charge in [-0.2, -0.15) is 0 Å². The summed E-state index contributed by atoms with van der Waals surface area (Å²) in [6.07, 6.45) is 6.04. The molecule has 3 rings (SSSR count). The predicted molar refractivity (Wildman–Crippen MR) is 83.3 cm³/mol. The molecule has 21 heavy (non-hydrogen) atoms. The van der Waals surface area contributed by atoms with Gasteiger partial charge in [-0.1, -0.05) is 0 Å². The molecule has 0 aromatic rings. The minimum Gasteiger partial charge on any atom is -0.353 e. The van der Waals surface area contributed by atoms with E-state index < -0.39 is 0 Å². The van der Waals surface area contributed by atoms with E-state index in [-0.39, 0.29) is 36.2 Å². The molecule has 3 aliphatic rings. The highest BCUT2D eigenvalue weighted by Gasteiger charge is 2.33. The SMILES string of the molecule is Cl.O=C(NC1CCN(C(=O)C2CCCNC2)CC1)C1CC1. The van der Waals surface area contributed by atoms with E-state index >= 15 is 0 Å². The molecule has 2 heterocycles. The van der Waals surface area contributed by atoms with Crippen molar-refractivity contribution in [2.24, 2.45) is 11.8 Å². The smallest absolute Gasteiger partial charge is 0.226 e. The zero-order valence-electron chi connectivity index (χ0n) is 12.5. The Hall–Kier alpha value is -0.810. The number of halogens is 1. The Morgan fingerprint density at radius 2 is 1.71 bits per heavy atom. The highest BCUT2D eigenvalue weighted by molar-refractivity contribution is 5.85. The summed E-state index contributed by atoms with van der Waals surface area (Å²) >= 11 is 0. The van der Waals surface area contributed by atoms with Crippen molar-refractivity contribution in [3.05, 3.63) is 0 Å². The van der Waals surface area contributed by atoms with Gasteiger partial charge in [-0.15, -0.1) is 12.4 Å². The van der Waals surface area contributed by atoms with Crippen molar-refractivity contribution in [1.82, 2.24) is 15.5 Å². The number of hydrogen-bond acceptors (Lipinski definition) is 3. The van der Waals surface area contributed by atoms with Gasteiger partial charge in [0.25, 0.3) is 0 Å². The van der Waals surface area contributed by atoms with Crippen LogP contribution in [0.2, 0.25) is 0 Å². The van der Waals surface area contributed by atoms with E-state index in [2.05, 4.69) is 10.6 Å². The minimum absolute atomic E-state index is 0. The average Bonchev–Trinajstić information content (AvgIpc) is 3.33. The van der Waals surface area contributed by atoms with Crippen molar-refractivity contribution in [3.63, 3.8) is 0 Å². The number of amides is 2. The molecule has 2 aliphatic heterocycles. The minimum atomic E-state index is 0. The summed E-state index contributed by atoms with van der Waals surface area (Å²) in [5.41, 5.74) is 0. The third-order valence-corrected chi connectivity index (χ3v) is 4.75. The van der Waals surface area contributed by atoms with Gasteiger partial charge in [-0.05, 0) is 45.1 Å². The molecule has 2 N–H and O–H groups in total. The molecule has 120 valence electrons. The summed E-state index contributed by atoms with van der Waals surface area (Å²) < 4.78 is 0. The van der Waals surface area contributed by atoms with Crippen LogP contribution in [-0.4, -0.2) is 48.9 Å². The predicted octanol–water partition coefficient (Wildman–Crippen LogP) is 0.925. The van der Waals surface area contributed by atoms with Crippen LogP contribution < -0.4 is 10.6 Å². The summed E-state index contributed by atoms with van der Waals surface area (Å²) in [5, 5.41) is 6.44. The van der Waals surface area contributed by atoms with Gasteiger partial charge < -0.3 is 15.5 Å². The Morgan fingerprint density at radius 3 is 2.29 bits per heavy atom. The number of nitrogens with zero attached hydrogens (tertiary/aromatic N) is 1. The summed E-state index contributed by atoms with van der Waals surface area (Å²) in [6.45, 7) is 3.46. The standard InChI is InChI=1S/C15H25N3O2.ClH/c19-14(11-3-4-11)17-13-5-8-18(9-6-13)15(20)12-2-1-7-16-10-12;/h11-13,16H,1-10H2,(H,17,19);1H. The fourth-order valence-electron chi connectivity index (χ4n) is 3.23. The molecule has 0 aromatic heterocycles. The molecule has 1 unspecified atom stereocenters.